The van der Waals surface area contributed by atoms with Crippen molar-refractivity contribution in [3.63, 3.8) is 0 Å². The number of aromatic nitrogens is 2. The number of nitrogens with zero attached hydrogens (tertiary/aromatic N) is 3. The molecule has 1 aromatic rings. The largest absolute Gasteiger partial charge is 0.377 e. The van der Waals surface area contributed by atoms with Gasteiger partial charge in [-0.1, -0.05) is 0 Å². The number of hydrogen-bond acceptors (Lipinski definition) is 5. The lowest BCUT2D eigenvalue weighted by molar-refractivity contribution is 0.0931. The minimum Gasteiger partial charge on any atom is -0.377 e. The van der Waals surface area contributed by atoms with Crippen molar-refractivity contribution in [3.8, 4) is 0 Å². The molecule has 1 unspecified atom stereocenters. The van der Waals surface area contributed by atoms with Crippen LogP contribution in [0.15, 0.2) is 17.0 Å². The van der Waals surface area contributed by atoms with Gasteiger partial charge in [-0.05, 0) is 28.8 Å². The van der Waals surface area contributed by atoms with Crippen molar-refractivity contribution >= 4 is 21.7 Å². The maximum absolute atomic E-state index is 5.59. The molecule has 1 saturated heterocycles. The van der Waals surface area contributed by atoms with Gasteiger partial charge in [0, 0.05) is 25.3 Å². The summed E-state index contributed by atoms with van der Waals surface area (Å²) < 4.78 is 6.53. The molecule has 6 heteroatoms. The van der Waals surface area contributed by atoms with Crippen molar-refractivity contribution in [2.24, 2.45) is 0 Å². The number of morpholine rings is 1. The van der Waals surface area contributed by atoms with E-state index in [2.05, 4.69) is 36.1 Å². The fraction of sp³-hybridized carbons (Fsp3) is 0.667. The molecular formula is C12H17BrN4O. The zero-order chi connectivity index (χ0) is 12.4. The Balaban J connectivity index is 1.71. The predicted octanol–water partition coefficient (Wildman–Crippen LogP) is 1.20. The summed E-state index contributed by atoms with van der Waals surface area (Å²) in [6.45, 7) is 3.36. The summed E-state index contributed by atoms with van der Waals surface area (Å²) >= 11 is 3.52. The second kappa shape index (κ2) is 5.50. The lowest BCUT2D eigenvalue weighted by atomic mass is 10.2. The average Bonchev–Trinajstić information content (AvgIpc) is 3.22. The van der Waals surface area contributed by atoms with E-state index < -0.39 is 0 Å². The van der Waals surface area contributed by atoms with E-state index in [-0.39, 0.29) is 0 Å². The zero-order valence-electron chi connectivity index (χ0n) is 10.2. The van der Waals surface area contributed by atoms with Crippen molar-refractivity contribution in [2.75, 3.05) is 31.2 Å². The van der Waals surface area contributed by atoms with Gasteiger partial charge >= 0.3 is 0 Å². The number of anilines is 1. The van der Waals surface area contributed by atoms with Crippen molar-refractivity contribution in [2.45, 2.75) is 24.9 Å². The predicted molar refractivity (Wildman–Crippen MR) is 72.7 cm³/mol. The summed E-state index contributed by atoms with van der Waals surface area (Å²) in [7, 11) is 0. The SMILES string of the molecule is Brc1cncnc1N1CCOCC1CNC1CC1. The second-order valence-electron chi connectivity index (χ2n) is 4.80. The van der Waals surface area contributed by atoms with Crippen LogP contribution in [0.5, 0.6) is 0 Å². The first-order valence-electron chi connectivity index (χ1n) is 6.38. The monoisotopic (exact) mass is 312 g/mol. The van der Waals surface area contributed by atoms with Gasteiger partial charge in [-0.15, -0.1) is 0 Å². The van der Waals surface area contributed by atoms with E-state index in [0.29, 0.717) is 6.04 Å². The Hall–Kier alpha value is -0.720. The van der Waals surface area contributed by atoms with Crippen LogP contribution in [0.1, 0.15) is 12.8 Å². The van der Waals surface area contributed by atoms with Crippen LogP contribution in [0.25, 0.3) is 0 Å². The Kier molecular flexibility index (Phi) is 3.77. The van der Waals surface area contributed by atoms with Crippen LogP contribution in [0, 0.1) is 0 Å². The maximum Gasteiger partial charge on any atom is 0.146 e. The molecule has 1 aliphatic carbocycles. The topological polar surface area (TPSA) is 50.3 Å². The lowest BCUT2D eigenvalue weighted by Gasteiger charge is -2.37. The van der Waals surface area contributed by atoms with Gasteiger partial charge in [-0.3, -0.25) is 0 Å². The van der Waals surface area contributed by atoms with Gasteiger partial charge in [-0.25, -0.2) is 9.97 Å². The van der Waals surface area contributed by atoms with Crippen molar-refractivity contribution in [3.05, 3.63) is 17.0 Å². The number of nitrogens with one attached hydrogen (secondary N) is 1. The molecule has 1 atom stereocenters. The Morgan fingerprint density at radius 3 is 3.17 bits per heavy atom. The van der Waals surface area contributed by atoms with Crippen molar-refractivity contribution in [1.82, 2.24) is 15.3 Å². The summed E-state index contributed by atoms with van der Waals surface area (Å²) in [6, 6.07) is 1.08. The average molecular weight is 313 g/mol. The van der Waals surface area contributed by atoms with Gasteiger partial charge in [-0.2, -0.15) is 0 Å². The molecule has 1 aromatic heterocycles. The fourth-order valence-corrected chi connectivity index (χ4v) is 2.66. The van der Waals surface area contributed by atoms with E-state index in [0.717, 1.165) is 42.6 Å². The highest BCUT2D eigenvalue weighted by Crippen LogP contribution is 2.26. The van der Waals surface area contributed by atoms with E-state index in [9.17, 15) is 0 Å². The van der Waals surface area contributed by atoms with E-state index >= 15 is 0 Å². The first-order chi connectivity index (χ1) is 8.84. The molecular weight excluding hydrogens is 296 g/mol. The van der Waals surface area contributed by atoms with Gasteiger partial charge in [0.15, 0.2) is 0 Å². The normalized spacial score (nSPS) is 24.3. The smallest absolute Gasteiger partial charge is 0.146 e. The molecule has 2 fully saturated rings. The number of ether oxygens (including phenoxy) is 1. The highest BCUT2D eigenvalue weighted by molar-refractivity contribution is 9.10. The molecule has 1 saturated carbocycles. The minimum absolute atomic E-state index is 0.352. The number of hydrogen-bond donors (Lipinski definition) is 1. The number of rotatable bonds is 4. The molecule has 2 heterocycles. The summed E-state index contributed by atoms with van der Waals surface area (Å²) in [5, 5.41) is 3.57. The van der Waals surface area contributed by atoms with Crippen molar-refractivity contribution < 1.29 is 4.74 Å². The molecule has 5 nitrogen and oxygen atoms in total. The molecule has 3 rings (SSSR count). The third-order valence-corrected chi connectivity index (χ3v) is 3.93. The second-order valence-corrected chi connectivity index (χ2v) is 5.65. The molecule has 1 aliphatic heterocycles. The van der Waals surface area contributed by atoms with Gasteiger partial charge in [0.05, 0.1) is 23.7 Å². The quantitative estimate of drug-likeness (QED) is 0.905. The summed E-state index contributed by atoms with van der Waals surface area (Å²) in [4.78, 5) is 10.7. The molecule has 0 bridgehead atoms. The lowest BCUT2D eigenvalue weighted by Crippen LogP contribution is -2.51. The van der Waals surface area contributed by atoms with E-state index in [1.807, 2.05) is 0 Å². The van der Waals surface area contributed by atoms with Gasteiger partial charge in [0.25, 0.3) is 0 Å². The van der Waals surface area contributed by atoms with E-state index in [1.54, 1.807) is 12.5 Å². The minimum atomic E-state index is 0.352. The van der Waals surface area contributed by atoms with Crippen LogP contribution in [-0.4, -0.2) is 48.4 Å². The summed E-state index contributed by atoms with van der Waals surface area (Å²) in [6.07, 6.45) is 6.01. The maximum atomic E-state index is 5.59. The molecule has 2 aliphatic rings. The Morgan fingerprint density at radius 2 is 2.39 bits per heavy atom. The molecule has 0 radical (unpaired) electrons. The molecule has 0 aromatic carbocycles. The standard InChI is InChI=1S/C12H17BrN4O/c13-11-6-14-8-16-12(11)17-3-4-18-7-10(17)5-15-9-1-2-9/h6,8-10,15H,1-5,7H2. The Labute approximate surface area is 115 Å². The molecule has 0 amide bonds. The fourth-order valence-electron chi connectivity index (χ4n) is 2.21. The third-order valence-electron chi connectivity index (χ3n) is 3.37. The summed E-state index contributed by atoms with van der Waals surface area (Å²) in [5.41, 5.74) is 0. The molecule has 98 valence electrons. The van der Waals surface area contributed by atoms with Crippen LogP contribution in [-0.2, 0) is 4.74 Å². The van der Waals surface area contributed by atoms with Crippen LogP contribution < -0.4 is 10.2 Å². The highest BCUT2D eigenvalue weighted by Gasteiger charge is 2.28. The van der Waals surface area contributed by atoms with Crippen LogP contribution in [0.2, 0.25) is 0 Å². The Bertz CT molecular complexity index is 413. The first-order valence-corrected chi connectivity index (χ1v) is 7.17. The molecule has 18 heavy (non-hydrogen) atoms. The van der Waals surface area contributed by atoms with Gasteiger partial charge in [0.2, 0.25) is 0 Å². The third kappa shape index (κ3) is 2.81. The summed E-state index contributed by atoms with van der Waals surface area (Å²) in [5.74, 6) is 0.968. The molecule has 0 spiro atoms. The van der Waals surface area contributed by atoms with E-state index in [1.165, 1.54) is 12.8 Å². The first kappa shape index (κ1) is 12.3. The van der Waals surface area contributed by atoms with Crippen molar-refractivity contribution in [1.29, 1.82) is 0 Å². The zero-order valence-corrected chi connectivity index (χ0v) is 11.8. The van der Waals surface area contributed by atoms with E-state index in [4.69, 9.17) is 4.74 Å². The Morgan fingerprint density at radius 1 is 1.50 bits per heavy atom. The van der Waals surface area contributed by atoms with Crippen LogP contribution in [0.4, 0.5) is 5.82 Å². The van der Waals surface area contributed by atoms with Gasteiger partial charge < -0.3 is 15.0 Å². The molecule has 1 N–H and O–H groups in total. The van der Waals surface area contributed by atoms with Gasteiger partial charge in [0.1, 0.15) is 12.1 Å². The number of halogens is 1. The highest BCUT2D eigenvalue weighted by atomic mass is 79.9. The van der Waals surface area contributed by atoms with Crippen LogP contribution in [0.3, 0.4) is 0 Å². The van der Waals surface area contributed by atoms with Crippen LogP contribution >= 0.6 is 15.9 Å².